The monoisotopic (exact) mass is 327 g/mol. The Kier molecular flexibility index (Phi) is 7.79. The quantitative estimate of drug-likeness (QED) is 0.666. The zero-order chi connectivity index (χ0) is 15.6. The van der Waals surface area contributed by atoms with Crippen LogP contribution in [0.4, 0.5) is 0 Å². The number of hydrogen-bond acceptors (Lipinski definition) is 6. The van der Waals surface area contributed by atoms with E-state index in [0.29, 0.717) is 31.3 Å². The van der Waals surface area contributed by atoms with Crippen molar-refractivity contribution in [1.29, 1.82) is 0 Å². The highest BCUT2D eigenvalue weighted by Gasteiger charge is 2.13. The van der Waals surface area contributed by atoms with Crippen LogP contribution in [-0.2, 0) is 15.9 Å². The molecule has 0 unspecified atom stereocenters. The van der Waals surface area contributed by atoms with Crippen molar-refractivity contribution in [2.75, 3.05) is 39.5 Å². The van der Waals surface area contributed by atoms with Crippen LogP contribution >= 0.6 is 11.3 Å². The standard InChI is InChI=1S/C15H25N3O3S/c16-5-2-14-18-13(11-22-14)15(19)17-6-1-7-21-10-12-3-8-20-9-4-12/h11-12H,1-10,16H2,(H,17,19). The molecule has 0 atom stereocenters. The maximum Gasteiger partial charge on any atom is 0.270 e. The molecule has 22 heavy (non-hydrogen) atoms. The molecule has 0 radical (unpaired) electrons. The van der Waals surface area contributed by atoms with Crippen molar-refractivity contribution in [3.8, 4) is 0 Å². The molecule has 0 bridgehead atoms. The molecule has 3 N–H and O–H groups in total. The highest BCUT2D eigenvalue weighted by atomic mass is 32.1. The van der Waals surface area contributed by atoms with E-state index >= 15 is 0 Å². The van der Waals surface area contributed by atoms with Gasteiger partial charge in [-0.05, 0) is 31.7 Å². The fraction of sp³-hybridized carbons (Fsp3) is 0.733. The Balaban J connectivity index is 1.53. The van der Waals surface area contributed by atoms with Crippen molar-refractivity contribution in [3.63, 3.8) is 0 Å². The maximum absolute atomic E-state index is 11.9. The number of thiazole rings is 1. The van der Waals surface area contributed by atoms with Crippen molar-refractivity contribution in [1.82, 2.24) is 10.3 Å². The number of aromatic nitrogens is 1. The molecule has 1 aromatic rings. The predicted octanol–water partition coefficient (Wildman–Crippen LogP) is 1.21. The van der Waals surface area contributed by atoms with E-state index in [1.807, 2.05) is 0 Å². The summed E-state index contributed by atoms with van der Waals surface area (Å²) in [7, 11) is 0. The molecule has 1 aliphatic rings. The SMILES string of the molecule is NCCc1nc(C(=O)NCCCOCC2CCOCC2)cs1. The second-order valence-electron chi connectivity index (χ2n) is 5.41. The minimum absolute atomic E-state index is 0.121. The fourth-order valence-electron chi connectivity index (χ4n) is 2.28. The average Bonchev–Trinajstić information content (AvgIpc) is 3.01. The molecular formula is C15H25N3O3S. The Bertz CT molecular complexity index is 447. The van der Waals surface area contributed by atoms with E-state index in [2.05, 4.69) is 10.3 Å². The molecular weight excluding hydrogens is 302 g/mol. The van der Waals surface area contributed by atoms with Gasteiger partial charge in [-0.1, -0.05) is 0 Å². The summed E-state index contributed by atoms with van der Waals surface area (Å²) in [5, 5.41) is 5.56. The van der Waals surface area contributed by atoms with Crippen LogP contribution in [0.5, 0.6) is 0 Å². The van der Waals surface area contributed by atoms with Gasteiger partial charge in [0.05, 0.1) is 5.01 Å². The van der Waals surface area contributed by atoms with Crippen LogP contribution in [0, 0.1) is 5.92 Å². The van der Waals surface area contributed by atoms with Crippen molar-refractivity contribution >= 4 is 17.2 Å². The zero-order valence-electron chi connectivity index (χ0n) is 12.9. The predicted molar refractivity (Wildman–Crippen MR) is 86.2 cm³/mol. The van der Waals surface area contributed by atoms with Crippen molar-refractivity contribution in [2.45, 2.75) is 25.7 Å². The molecule has 0 aliphatic carbocycles. The minimum atomic E-state index is -0.121. The number of nitrogens with two attached hydrogens (primary N) is 1. The van der Waals surface area contributed by atoms with E-state index in [-0.39, 0.29) is 5.91 Å². The van der Waals surface area contributed by atoms with Crippen LogP contribution in [0.25, 0.3) is 0 Å². The van der Waals surface area contributed by atoms with Crippen LogP contribution in [0.2, 0.25) is 0 Å². The lowest BCUT2D eigenvalue weighted by atomic mass is 10.0. The van der Waals surface area contributed by atoms with Crippen LogP contribution in [0.15, 0.2) is 5.38 Å². The number of rotatable bonds is 9. The van der Waals surface area contributed by atoms with E-state index in [1.165, 1.54) is 11.3 Å². The molecule has 0 saturated carbocycles. The molecule has 1 amide bonds. The molecule has 7 heteroatoms. The number of carbonyl (C=O) groups is 1. The third kappa shape index (κ3) is 6.00. The number of carbonyl (C=O) groups excluding carboxylic acids is 1. The van der Waals surface area contributed by atoms with E-state index in [1.54, 1.807) is 5.38 Å². The van der Waals surface area contributed by atoms with Crippen LogP contribution in [-0.4, -0.2) is 50.4 Å². The number of ether oxygens (including phenoxy) is 2. The first-order valence-corrected chi connectivity index (χ1v) is 8.75. The first kappa shape index (κ1) is 17.3. The Morgan fingerprint density at radius 2 is 2.32 bits per heavy atom. The molecule has 1 aliphatic heterocycles. The summed E-state index contributed by atoms with van der Waals surface area (Å²) >= 11 is 1.48. The van der Waals surface area contributed by atoms with Gasteiger partial charge in [-0.2, -0.15) is 0 Å². The van der Waals surface area contributed by atoms with Gasteiger partial charge in [-0.25, -0.2) is 4.98 Å². The number of amides is 1. The Labute approximate surface area is 135 Å². The Morgan fingerprint density at radius 1 is 1.50 bits per heavy atom. The lowest BCUT2D eigenvalue weighted by Crippen LogP contribution is -2.26. The Hall–Kier alpha value is -1.02. The first-order chi connectivity index (χ1) is 10.8. The highest BCUT2D eigenvalue weighted by molar-refractivity contribution is 7.09. The highest BCUT2D eigenvalue weighted by Crippen LogP contribution is 2.14. The van der Waals surface area contributed by atoms with Gasteiger partial charge in [-0.15, -0.1) is 11.3 Å². The molecule has 1 fully saturated rings. The lowest BCUT2D eigenvalue weighted by molar-refractivity contribution is 0.0202. The molecule has 2 heterocycles. The normalized spacial score (nSPS) is 15.9. The number of nitrogens with zero attached hydrogens (tertiary/aromatic N) is 1. The van der Waals surface area contributed by atoms with Gasteiger partial charge in [0.1, 0.15) is 5.69 Å². The zero-order valence-corrected chi connectivity index (χ0v) is 13.7. The topological polar surface area (TPSA) is 86.5 Å². The van der Waals surface area contributed by atoms with Crippen LogP contribution in [0.1, 0.15) is 34.8 Å². The summed E-state index contributed by atoms with van der Waals surface area (Å²) in [6.45, 7) is 4.34. The first-order valence-electron chi connectivity index (χ1n) is 7.87. The van der Waals surface area contributed by atoms with Gasteiger partial charge in [0.2, 0.25) is 0 Å². The smallest absolute Gasteiger partial charge is 0.270 e. The summed E-state index contributed by atoms with van der Waals surface area (Å²) in [4.78, 5) is 16.1. The van der Waals surface area contributed by atoms with Gasteiger partial charge >= 0.3 is 0 Å². The van der Waals surface area contributed by atoms with Crippen molar-refractivity contribution in [3.05, 3.63) is 16.1 Å². The van der Waals surface area contributed by atoms with Crippen LogP contribution in [0.3, 0.4) is 0 Å². The average molecular weight is 327 g/mol. The third-order valence-corrected chi connectivity index (χ3v) is 4.50. The summed E-state index contributed by atoms with van der Waals surface area (Å²) in [5.41, 5.74) is 5.95. The molecule has 2 rings (SSSR count). The number of nitrogens with one attached hydrogen (secondary N) is 1. The molecule has 0 spiro atoms. The summed E-state index contributed by atoms with van der Waals surface area (Å²) in [6, 6.07) is 0. The van der Waals surface area contributed by atoms with E-state index in [9.17, 15) is 4.79 Å². The second-order valence-corrected chi connectivity index (χ2v) is 6.35. The fourth-order valence-corrected chi connectivity index (χ4v) is 3.08. The van der Waals surface area contributed by atoms with Crippen molar-refractivity contribution in [2.24, 2.45) is 11.7 Å². The minimum Gasteiger partial charge on any atom is -0.381 e. The summed E-state index contributed by atoms with van der Waals surface area (Å²) in [6.07, 6.45) is 3.71. The largest absolute Gasteiger partial charge is 0.381 e. The van der Waals surface area contributed by atoms with Gasteiger partial charge in [0.25, 0.3) is 5.91 Å². The lowest BCUT2D eigenvalue weighted by Gasteiger charge is -2.21. The van der Waals surface area contributed by atoms with Gasteiger partial charge in [0.15, 0.2) is 0 Å². The van der Waals surface area contributed by atoms with E-state index in [4.69, 9.17) is 15.2 Å². The van der Waals surface area contributed by atoms with E-state index < -0.39 is 0 Å². The van der Waals surface area contributed by atoms with Crippen LogP contribution < -0.4 is 11.1 Å². The summed E-state index contributed by atoms with van der Waals surface area (Å²) < 4.78 is 11.0. The van der Waals surface area contributed by atoms with E-state index in [0.717, 1.165) is 50.5 Å². The Morgan fingerprint density at radius 3 is 3.09 bits per heavy atom. The van der Waals surface area contributed by atoms with Crippen molar-refractivity contribution < 1.29 is 14.3 Å². The molecule has 1 saturated heterocycles. The number of hydrogen-bond donors (Lipinski definition) is 2. The third-order valence-electron chi connectivity index (χ3n) is 3.59. The van der Waals surface area contributed by atoms with Gasteiger partial charge in [-0.3, -0.25) is 4.79 Å². The maximum atomic E-state index is 11.9. The molecule has 1 aromatic heterocycles. The molecule has 6 nitrogen and oxygen atoms in total. The van der Waals surface area contributed by atoms with Gasteiger partial charge in [0, 0.05) is 44.8 Å². The molecule has 124 valence electrons. The second kappa shape index (κ2) is 9.89. The summed E-state index contributed by atoms with van der Waals surface area (Å²) in [5.74, 6) is 0.503. The van der Waals surface area contributed by atoms with Gasteiger partial charge < -0.3 is 20.5 Å². The molecule has 0 aromatic carbocycles.